The Labute approximate surface area is 128 Å². The molecule has 0 saturated carbocycles. The monoisotopic (exact) mass is 300 g/mol. The predicted octanol–water partition coefficient (Wildman–Crippen LogP) is 1.58. The second-order valence-electron chi connectivity index (χ2n) is 5.12. The molecule has 1 heterocycles. The number of anilines is 1. The number of carbonyl (C=O) groups is 1. The largest absolute Gasteiger partial charge is 0.326 e. The summed E-state index contributed by atoms with van der Waals surface area (Å²) in [4.78, 5) is 13.1. The van der Waals surface area contributed by atoms with Crippen LogP contribution in [0.1, 0.15) is 16.7 Å². The summed E-state index contributed by atoms with van der Waals surface area (Å²) < 4.78 is 0. The van der Waals surface area contributed by atoms with Gasteiger partial charge in [-0.25, -0.2) is 0 Å². The number of amides is 1. The van der Waals surface area contributed by atoms with Crippen LogP contribution >= 0.6 is 11.3 Å². The van der Waals surface area contributed by atoms with E-state index in [-0.39, 0.29) is 5.91 Å². The summed E-state index contributed by atoms with van der Waals surface area (Å²) in [6.07, 6.45) is 0. The average molecular weight is 300 g/mol. The molecular weight excluding hydrogens is 282 g/mol. The van der Waals surface area contributed by atoms with Crippen molar-refractivity contribution in [3.05, 3.63) is 52.4 Å². The zero-order valence-corrected chi connectivity index (χ0v) is 13.0. The molecule has 0 fully saturated rings. The van der Waals surface area contributed by atoms with E-state index in [1.807, 2.05) is 7.05 Å². The summed E-state index contributed by atoms with van der Waals surface area (Å²) >= 11 is 1.37. The number of quaternary nitrogens is 1. The van der Waals surface area contributed by atoms with Crippen LogP contribution in [-0.4, -0.2) is 19.5 Å². The van der Waals surface area contributed by atoms with Crippen molar-refractivity contribution in [2.45, 2.75) is 13.5 Å². The first kappa shape index (κ1) is 15.2. The Hall–Kier alpha value is -2.16. The quantitative estimate of drug-likeness (QED) is 0.881. The van der Waals surface area contributed by atoms with Crippen LogP contribution in [0.15, 0.2) is 35.7 Å². The molecule has 2 aromatic rings. The van der Waals surface area contributed by atoms with E-state index in [4.69, 9.17) is 5.26 Å². The maximum absolute atomic E-state index is 12.0. The standard InChI is InChI=1S/C16H17N3OS/c1-12-3-5-13(6-4-12)10-19(2)11-15(20)18-16-14(9-17)7-8-21-16/h3-8H,10-11H2,1-2H3,(H,18,20)/p+1. The Bertz CT molecular complexity index is 655. The van der Waals surface area contributed by atoms with E-state index >= 15 is 0 Å². The summed E-state index contributed by atoms with van der Waals surface area (Å²) in [5, 5.41) is 14.2. The van der Waals surface area contributed by atoms with Crippen LogP contribution in [0.4, 0.5) is 5.00 Å². The number of hydrogen-bond acceptors (Lipinski definition) is 3. The fraction of sp³-hybridized carbons (Fsp3) is 0.250. The summed E-state index contributed by atoms with van der Waals surface area (Å²) in [6.45, 7) is 3.22. The molecule has 0 saturated heterocycles. The third-order valence-corrected chi connectivity index (χ3v) is 3.96. The van der Waals surface area contributed by atoms with E-state index in [1.165, 1.54) is 22.5 Å². The average Bonchev–Trinajstić information content (AvgIpc) is 2.88. The van der Waals surface area contributed by atoms with Crippen LogP contribution in [0.5, 0.6) is 0 Å². The van der Waals surface area contributed by atoms with Crippen molar-refractivity contribution < 1.29 is 9.69 Å². The van der Waals surface area contributed by atoms with Crippen molar-refractivity contribution >= 4 is 22.2 Å². The number of thiophene rings is 1. The molecule has 0 aliphatic rings. The lowest BCUT2D eigenvalue weighted by Crippen LogP contribution is -3.08. The lowest BCUT2D eigenvalue weighted by molar-refractivity contribution is -0.885. The van der Waals surface area contributed by atoms with Gasteiger partial charge in [-0.3, -0.25) is 4.79 Å². The van der Waals surface area contributed by atoms with Crippen molar-refractivity contribution in [3.63, 3.8) is 0 Å². The van der Waals surface area contributed by atoms with Crippen LogP contribution in [-0.2, 0) is 11.3 Å². The Morgan fingerprint density at radius 2 is 2.05 bits per heavy atom. The number of benzene rings is 1. The Morgan fingerprint density at radius 3 is 2.71 bits per heavy atom. The number of nitrogens with one attached hydrogen (secondary N) is 2. The fourth-order valence-electron chi connectivity index (χ4n) is 2.06. The van der Waals surface area contributed by atoms with Gasteiger partial charge in [0.05, 0.1) is 12.6 Å². The molecule has 0 aliphatic carbocycles. The van der Waals surface area contributed by atoms with Crippen LogP contribution in [0, 0.1) is 18.3 Å². The number of carbonyl (C=O) groups excluding carboxylic acids is 1. The SMILES string of the molecule is Cc1ccc(C[NH+](C)CC(=O)Nc2sccc2C#N)cc1. The maximum atomic E-state index is 12.0. The third kappa shape index (κ3) is 4.42. The first-order chi connectivity index (χ1) is 10.1. The van der Waals surface area contributed by atoms with Gasteiger partial charge in [-0.1, -0.05) is 29.8 Å². The number of likely N-dealkylation sites (N-methyl/N-ethyl adjacent to an activating group) is 1. The zero-order valence-electron chi connectivity index (χ0n) is 12.1. The Balaban J connectivity index is 1.87. The minimum absolute atomic E-state index is 0.0708. The van der Waals surface area contributed by atoms with E-state index in [0.717, 1.165) is 11.4 Å². The van der Waals surface area contributed by atoms with Gasteiger partial charge >= 0.3 is 0 Å². The Kier molecular flexibility index (Phi) is 5.09. The minimum Gasteiger partial charge on any atom is -0.326 e. The maximum Gasteiger partial charge on any atom is 0.280 e. The van der Waals surface area contributed by atoms with Crippen molar-refractivity contribution in [1.29, 1.82) is 5.26 Å². The smallest absolute Gasteiger partial charge is 0.280 e. The molecule has 1 amide bonds. The molecule has 0 spiro atoms. The molecule has 1 unspecified atom stereocenters. The van der Waals surface area contributed by atoms with Gasteiger partial charge in [-0.05, 0) is 18.4 Å². The number of hydrogen-bond donors (Lipinski definition) is 2. The predicted molar refractivity (Wildman–Crippen MR) is 84.3 cm³/mol. The summed E-state index contributed by atoms with van der Waals surface area (Å²) in [6, 6.07) is 12.1. The molecule has 1 atom stereocenters. The van der Waals surface area contributed by atoms with Gasteiger partial charge < -0.3 is 10.2 Å². The highest BCUT2D eigenvalue weighted by atomic mass is 32.1. The Morgan fingerprint density at radius 1 is 1.33 bits per heavy atom. The molecule has 0 bridgehead atoms. The lowest BCUT2D eigenvalue weighted by atomic mass is 10.1. The summed E-state index contributed by atoms with van der Waals surface area (Å²) in [7, 11) is 1.99. The van der Waals surface area contributed by atoms with Gasteiger partial charge in [-0.2, -0.15) is 5.26 Å². The van der Waals surface area contributed by atoms with Crippen LogP contribution in [0.25, 0.3) is 0 Å². The number of aryl methyl sites for hydroxylation is 1. The van der Waals surface area contributed by atoms with Crippen molar-refractivity contribution in [2.75, 3.05) is 18.9 Å². The first-order valence-electron chi connectivity index (χ1n) is 6.73. The highest BCUT2D eigenvalue weighted by molar-refractivity contribution is 7.14. The number of nitriles is 1. The van der Waals surface area contributed by atoms with Crippen LogP contribution in [0.3, 0.4) is 0 Å². The lowest BCUT2D eigenvalue weighted by Gasteiger charge is -2.13. The molecule has 4 nitrogen and oxygen atoms in total. The molecule has 0 radical (unpaired) electrons. The highest BCUT2D eigenvalue weighted by Gasteiger charge is 2.13. The van der Waals surface area contributed by atoms with Crippen molar-refractivity contribution in [1.82, 2.24) is 0 Å². The molecular formula is C16H18N3OS+. The zero-order chi connectivity index (χ0) is 15.2. The normalized spacial score (nSPS) is 11.7. The van der Waals surface area contributed by atoms with Gasteiger partial charge in [0.25, 0.3) is 5.91 Å². The van der Waals surface area contributed by atoms with Gasteiger partial charge in [0, 0.05) is 5.56 Å². The number of rotatable bonds is 5. The van der Waals surface area contributed by atoms with E-state index in [0.29, 0.717) is 17.1 Å². The van der Waals surface area contributed by atoms with Crippen molar-refractivity contribution in [2.24, 2.45) is 0 Å². The van der Waals surface area contributed by atoms with Gasteiger partial charge in [0.15, 0.2) is 6.54 Å². The van der Waals surface area contributed by atoms with E-state index in [1.54, 1.807) is 11.4 Å². The molecule has 1 aromatic heterocycles. The third-order valence-electron chi connectivity index (χ3n) is 3.13. The second-order valence-corrected chi connectivity index (χ2v) is 6.04. The molecule has 2 rings (SSSR count). The second kappa shape index (κ2) is 7.02. The number of nitrogens with zero attached hydrogens (tertiary/aromatic N) is 1. The van der Waals surface area contributed by atoms with Crippen molar-refractivity contribution in [3.8, 4) is 6.07 Å². The molecule has 1 aromatic carbocycles. The first-order valence-corrected chi connectivity index (χ1v) is 7.60. The molecule has 108 valence electrons. The molecule has 2 N–H and O–H groups in total. The summed E-state index contributed by atoms with van der Waals surface area (Å²) in [5.41, 5.74) is 2.96. The van der Waals surface area contributed by atoms with Gasteiger partial charge in [0.1, 0.15) is 17.6 Å². The van der Waals surface area contributed by atoms with Gasteiger partial charge in [0.2, 0.25) is 0 Å². The fourth-order valence-corrected chi connectivity index (χ4v) is 2.81. The highest BCUT2D eigenvalue weighted by Crippen LogP contribution is 2.21. The van der Waals surface area contributed by atoms with E-state index in [9.17, 15) is 4.79 Å². The van der Waals surface area contributed by atoms with E-state index < -0.39 is 0 Å². The summed E-state index contributed by atoms with van der Waals surface area (Å²) in [5.74, 6) is -0.0708. The van der Waals surface area contributed by atoms with E-state index in [2.05, 4.69) is 42.6 Å². The molecule has 21 heavy (non-hydrogen) atoms. The topological polar surface area (TPSA) is 57.3 Å². The van der Waals surface area contributed by atoms with Crippen LogP contribution < -0.4 is 10.2 Å². The van der Waals surface area contributed by atoms with Crippen LogP contribution in [0.2, 0.25) is 0 Å². The molecule has 0 aliphatic heterocycles. The molecule has 5 heteroatoms. The van der Waals surface area contributed by atoms with Gasteiger partial charge in [-0.15, -0.1) is 11.3 Å². The minimum atomic E-state index is -0.0708.